The molecular weight excluding hydrogens is 858 g/mol. The van der Waals surface area contributed by atoms with Gasteiger partial charge in [-0.2, -0.15) is 0 Å². The van der Waals surface area contributed by atoms with Crippen LogP contribution in [0.5, 0.6) is 0 Å². The molecule has 0 radical (unpaired) electrons. The highest BCUT2D eigenvalue weighted by Crippen LogP contribution is 2.38. The summed E-state index contributed by atoms with van der Waals surface area (Å²) in [7, 11) is -4.25. The summed E-state index contributed by atoms with van der Waals surface area (Å²) in [6.45, 7) is 4.08. The van der Waals surface area contributed by atoms with Crippen LogP contribution in [0.2, 0.25) is 10.3 Å². The van der Waals surface area contributed by atoms with E-state index in [0.29, 0.717) is 54.2 Å². The first-order valence-corrected chi connectivity index (χ1v) is 23.6. The van der Waals surface area contributed by atoms with Crippen molar-refractivity contribution in [1.82, 2.24) is 44.6 Å². The number of carbonyl (C=O) groups excluding carboxylic acids is 1. The molecule has 2 fully saturated rings. The van der Waals surface area contributed by atoms with Crippen molar-refractivity contribution >= 4 is 73.0 Å². The van der Waals surface area contributed by atoms with E-state index in [1.807, 2.05) is 74.8 Å². The predicted octanol–water partition coefficient (Wildman–Crippen LogP) is 9.96. The molecule has 0 aliphatic heterocycles. The number of anilines is 2. The molecule has 0 bridgehead atoms. The molecule has 2 amide bonds. The Morgan fingerprint density at radius 1 is 0.746 bits per heavy atom. The lowest BCUT2D eigenvalue weighted by Crippen LogP contribution is -2.62. The number of fused-ring (bicyclic) bond motifs is 2. The molecule has 14 nitrogen and oxygen atoms in total. The molecule has 2 aliphatic carbocycles. The lowest BCUT2D eigenvalue weighted by atomic mass is 9.89. The quantitative estimate of drug-likeness (QED) is 0.0590. The van der Waals surface area contributed by atoms with Gasteiger partial charge in [-0.25, -0.2) is 38.2 Å². The smallest absolute Gasteiger partial charge is 0.333 e. The topological polar surface area (TPSA) is 177 Å². The number of rotatable bonds is 12. The van der Waals surface area contributed by atoms with Crippen molar-refractivity contribution in [2.45, 2.75) is 94.3 Å². The second-order valence-corrected chi connectivity index (χ2v) is 19.0. The summed E-state index contributed by atoms with van der Waals surface area (Å²) in [5.41, 5.74) is 6.12. The van der Waals surface area contributed by atoms with Crippen LogP contribution in [0.15, 0.2) is 102 Å². The number of urea groups is 1. The SMILES string of the molecule is CCNC(=O)N(C1CCCC(Nc2cc(-c3c[nH]c4ncccc34)cc(Cl)n2)C1)N(C1CCCC(Nc2cc(-c3c[nH]c4ncccc34)cc(Cl)n2)C1)S(=O)(=O)c1ccc(C)cc1. The maximum absolute atomic E-state index is 15.2. The molecule has 0 spiro atoms. The van der Waals surface area contributed by atoms with Gasteiger partial charge in [-0.15, -0.1) is 4.41 Å². The largest absolute Gasteiger partial charge is 0.367 e. The monoisotopic (exact) mass is 905 g/mol. The third-order valence-electron chi connectivity index (χ3n) is 12.1. The average molecular weight is 907 g/mol. The Morgan fingerprint density at radius 3 is 1.81 bits per heavy atom. The number of carbonyl (C=O) groups is 1. The van der Waals surface area contributed by atoms with E-state index in [-0.39, 0.29) is 17.0 Å². The van der Waals surface area contributed by atoms with Crippen LogP contribution in [0.4, 0.5) is 16.4 Å². The molecule has 2 aliphatic rings. The molecule has 1 aromatic carbocycles. The molecule has 326 valence electrons. The molecule has 5 N–H and O–H groups in total. The number of hydrogen-bond acceptors (Lipinski definition) is 9. The Balaban J connectivity index is 1.02. The van der Waals surface area contributed by atoms with Crippen LogP contribution in [0, 0.1) is 6.92 Å². The Morgan fingerprint density at radius 2 is 1.27 bits per heavy atom. The van der Waals surface area contributed by atoms with E-state index >= 15 is 8.42 Å². The lowest BCUT2D eigenvalue weighted by molar-refractivity contribution is -0.00332. The molecular formula is C46H49Cl2N11O3S. The number of benzene rings is 1. The summed E-state index contributed by atoms with van der Waals surface area (Å²) < 4.78 is 31.8. The molecule has 6 aromatic heterocycles. The summed E-state index contributed by atoms with van der Waals surface area (Å²) in [6, 6.07) is 20.4. The van der Waals surface area contributed by atoms with Crippen LogP contribution < -0.4 is 16.0 Å². The number of H-pyrrole nitrogens is 2. The van der Waals surface area contributed by atoms with Gasteiger partial charge in [0.2, 0.25) is 0 Å². The molecule has 4 unspecified atom stereocenters. The number of aromatic amines is 2. The van der Waals surface area contributed by atoms with E-state index in [2.05, 4.69) is 45.9 Å². The number of hydrazine groups is 1. The van der Waals surface area contributed by atoms with E-state index in [1.165, 1.54) is 9.42 Å². The Kier molecular flexibility index (Phi) is 12.3. The molecule has 7 aromatic rings. The highest BCUT2D eigenvalue weighted by Gasteiger charge is 2.45. The molecule has 0 saturated heterocycles. The van der Waals surface area contributed by atoms with Crippen molar-refractivity contribution in [2.24, 2.45) is 0 Å². The standard InChI is InChI=1S/C46H49Cl2N11O3S/c1-3-49-46(60)58(33-10-4-8-31(24-33)54-42-22-29(20-40(47)56-42)38-26-52-44-36(38)12-6-18-50-44)59(63(61,62)35-16-14-28(2)15-17-35)34-11-5-9-32(25-34)55-43-23-30(21-41(48)57-43)39-27-53-45-37(39)13-7-19-51-45/h6-7,12-23,26-27,31-34H,3-5,8-11,24-25H2,1-2H3,(H,49,60)(H,50,52)(H,51,53)(H,54,56)(H,55,57). The Bertz CT molecular complexity index is 2870. The van der Waals surface area contributed by atoms with E-state index in [4.69, 9.17) is 23.2 Å². The van der Waals surface area contributed by atoms with Crippen molar-refractivity contribution < 1.29 is 13.2 Å². The molecule has 9 rings (SSSR count). The van der Waals surface area contributed by atoms with Crippen LogP contribution >= 0.6 is 23.2 Å². The number of pyridine rings is 4. The fourth-order valence-electron chi connectivity index (χ4n) is 9.23. The van der Waals surface area contributed by atoms with Gasteiger partial charge < -0.3 is 25.9 Å². The first-order chi connectivity index (χ1) is 30.5. The molecule has 4 atom stereocenters. The number of sulfonamides is 1. The van der Waals surface area contributed by atoms with Gasteiger partial charge in [0.05, 0.1) is 10.9 Å². The fraction of sp³-hybridized carbons (Fsp3) is 0.326. The summed E-state index contributed by atoms with van der Waals surface area (Å²) in [6.07, 6.45) is 12.4. The van der Waals surface area contributed by atoms with Crippen molar-refractivity contribution in [2.75, 3.05) is 17.2 Å². The van der Waals surface area contributed by atoms with Crippen LogP contribution in [0.3, 0.4) is 0 Å². The van der Waals surface area contributed by atoms with Crippen LogP contribution in [-0.4, -0.2) is 84.5 Å². The van der Waals surface area contributed by atoms with Gasteiger partial charge >= 0.3 is 6.03 Å². The summed E-state index contributed by atoms with van der Waals surface area (Å²) >= 11 is 13.3. The third kappa shape index (κ3) is 9.05. The van der Waals surface area contributed by atoms with Gasteiger partial charge in [0.15, 0.2) is 0 Å². The number of aryl methyl sites for hydroxylation is 1. The minimum Gasteiger partial charge on any atom is -0.367 e. The summed E-state index contributed by atoms with van der Waals surface area (Å²) in [4.78, 5) is 39.2. The van der Waals surface area contributed by atoms with Gasteiger partial charge in [0.1, 0.15) is 33.2 Å². The summed E-state index contributed by atoms with van der Waals surface area (Å²) in [5, 5.41) is 14.3. The molecule has 2 saturated carbocycles. The zero-order valence-corrected chi connectivity index (χ0v) is 37.3. The van der Waals surface area contributed by atoms with Crippen molar-refractivity contribution in [3.05, 3.63) is 113 Å². The van der Waals surface area contributed by atoms with E-state index in [0.717, 1.165) is 75.6 Å². The number of nitrogens with one attached hydrogen (secondary N) is 5. The maximum Gasteiger partial charge on any atom is 0.333 e. The highest BCUT2D eigenvalue weighted by molar-refractivity contribution is 7.89. The summed E-state index contributed by atoms with van der Waals surface area (Å²) in [5.74, 6) is 1.17. The number of aromatic nitrogens is 6. The number of hydrogen-bond donors (Lipinski definition) is 5. The van der Waals surface area contributed by atoms with Crippen LogP contribution in [-0.2, 0) is 10.0 Å². The number of nitrogens with zero attached hydrogens (tertiary/aromatic N) is 6. The first-order valence-electron chi connectivity index (χ1n) is 21.5. The average Bonchev–Trinajstić information content (AvgIpc) is 3.91. The van der Waals surface area contributed by atoms with Crippen LogP contribution in [0.25, 0.3) is 44.3 Å². The van der Waals surface area contributed by atoms with Crippen molar-refractivity contribution in [3.8, 4) is 22.3 Å². The van der Waals surface area contributed by atoms with Crippen LogP contribution in [0.1, 0.15) is 63.9 Å². The van der Waals surface area contributed by atoms with Gasteiger partial charge in [-0.05, 0) is 137 Å². The predicted molar refractivity (Wildman–Crippen MR) is 249 cm³/mol. The zero-order valence-electron chi connectivity index (χ0n) is 35.0. The Labute approximate surface area is 376 Å². The van der Waals surface area contributed by atoms with E-state index in [9.17, 15) is 4.79 Å². The number of halogens is 2. The molecule has 6 heterocycles. The fourth-order valence-corrected chi connectivity index (χ4v) is 11.4. The van der Waals surface area contributed by atoms with Gasteiger partial charge in [0, 0.05) is 71.4 Å². The number of amides is 2. The maximum atomic E-state index is 15.2. The second kappa shape index (κ2) is 18.2. The zero-order chi connectivity index (χ0) is 43.7. The van der Waals surface area contributed by atoms with E-state index in [1.54, 1.807) is 36.7 Å². The third-order valence-corrected chi connectivity index (χ3v) is 14.3. The second-order valence-electron chi connectivity index (χ2n) is 16.4. The lowest BCUT2D eigenvalue weighted by Gasteiger charge is -2.47. The minimum absolute atomic E-state index is 0.125. The molecule has 63 heavy (non-hydrogen) atoms. The normalized spacial score (nSPS) is 19.3. The van der Waals surface area contributed by atoms with E-state index < -0.39 is 28.1 Å². The Hall–Kier alpha value is -5.74. The van der Waals surface area contributed by atoms with Gasteiger partial charge in [-0.1, -0.05) is 40.9 Å². The minimum atomic E-state index is -4.25. The van der Waals surface area contributed by atoms with Gasteiger partial charge in [-0.3, -0.25) is 0 Å². The van der Waals surface area contributed by atoms with Crippen molar-refractivity contribution in [3.63, 3.8) is 0 Å². The first kappa shape index (κ1) is 42.6. The highest BCUT2D eigenvalue weighted by atomic mass is 35.5. The molecule has 17 heteroatoms. The van der Waals surface area contributed by atoms with Crippen molar-refractivity contribution in [1.29, 1.82) is 0 Å². The van der Waals surface area contributed by atoms with Gasteiger partial charge in [0.25, 0.3) is 10.0 Å².